The second-order valence-corrected chi connectivity index (χ2v) is 9.47. The molecule has 10 heteroatoms. The van der Waals surface area contributed by atoms with Gasteiger partial charge in [0.2, 0.25) is 5.88 Å². The van der Waals surface area contributed by atoms with Gasteiger partial charge in [0.25, 0.3) is 5.91 Å². The fourth-order valence-corrected chi connectivity index (χ4v) is 4.22. The lowest BCUT2D eigenvalue weighted by Crippen LogP contribution is -2.25. The van der Waals surface area contributed by atoms with Crippen molar-refractivity contribution in [2.24, 2.45) is 5.10 Å². The van der Waals surface area contributed by atoms with Gasteiger partial charge in [-0.2, -0.15) is 10.4 Å². The van der Waals surface area contributed by atoms with Crippen LogP contribution < -0.4 is 10.2 Å². The van der Waals surface area contributed by atoms with Crippen molar-refractivity contribution >= 4 is 50.6 Å². The third kappa shape index (κ3) is 5.84. The number of methoxy groups -OCH3 is 1. The number of halogens is 2. The van der Waals surface area contributed by atoms with Gasteiger partial charge in [-0.1, -0.05) is 0 Å². The molecule has 0 unspecified atom stereocenters. The van der Waals surface area contributed by atoms with Crippen molar-refractivity contribution < 1.29 is 14.3 Å². The molecular weight excluding hydrogens is 613 g/mol. The molecule has 0 radical (unpaired) electrons. The summed E-state index contributed by atoms with van der Waals surface area (Å²) in [4.78, 5) is 16.6. The first kappa shape index (κ1) is 25.9. The summed E-state index contributed by atoms with van der Waals surface area (Å²) in [5.74, 6) is -0.391. The van der Waals surface area contributed by atoms with Crippen molar-refractivity contribution in [2.45, 2.75) is 27.4 Å². The molecule has 0 atom stereocenters. The summed E-state index contributed by atoms with van der Waals surface area (Å²) >= 11 is 5.70. The molecule has 2 heterocycles. The monoisotopic (exact) mass is 635 g/mol. The van der Waals surface area contributed by atoms with E-state index in [1.807, 2.05) is 19.9 Å². The number of aromatic nitrogens is 2. The number of pyridine rings is 1. The molecule has 176 valence electrons. The summed E-state index contributed by atoms with van der Waals surface area (Å²) in [5, 5.41) is 13.6. The van der Waals surface area contributed by atoms with Crippen molar-refractivity contribution in [3.8, 4) is 17.6 Å². The first-order valence-electron chi connectivity index (χ1n) is 10.2. The number of nitrogens with one attached hydrogen (secondary N) is 1. The van der Waals surface area contributed by atoms with Crippen LogP contribution in [0, 0.1) is 35.7 Å². The third-order valence-electron chi connectivity index (χ3n) is 5.06. The average molecular weight is 636 g/mol. The van der Waals surface area contributed by atoms with Gasteiger partial charge in [0.05, 0.1) is 18.5 Å². The van der Waals surface area contributed by atoms with Crippen molar-refractivity contribution in [1.29, 1.82) is 5.26 Å². The predicted octanol–water partition coefficient (Wildman–Crippen LogP) is 4.71. The molecule has 1 amide bonds. The first-order valence-corrected chi connectivity index (χ1v) is 12.1. The minimum Gasteiger partial charge on any atom is -0.467 e. The number of hydrazone groups is 1. The van der Waals surface area contributed by atoms with Crippen LogP contribution in [0.4, 0.5) is 0 Å². The molecule has 0 aliphatic rings. The van der Waals surface area contributed by atoms with E-state index in [4.69, 9.17) is 9.47 Å². The largest absolute Gasteiger partial charge is 0.467 e. The maximum absolute atomic E-state index is 12.3. The first-order chi connectivity index (χ1) is 16.3. The number of carbonyl (C=O) groups excluding carboxylic acids is 1. The molecule has 1 N–H and O–H groups in total. The molecule has 0 saturated carbocycles. The quantitative estimate of drug-likeness (QED) is 0.219. The van der Waals surface area contributed by atoms with Crippen LogP contribution in [0.15, 0.2) is 39.9 Å². The molecule has 0 spiro atoms. The standard InChI is InChI=1S/C24H23BrIN5O3/c1-14-9-17(16(3)31(14)19-7-5-18(26)6-8-19)11-28-30-22(32)13-34-24-20(10-27)21(12-33-4)23(25)15(2)29-24/h5-9,11H,12-13H2,1-4H3,(H,30,32)/b28-11+. The molecule has 0 aliphatic carbocycles. The van der Waals surface area contributed by atoms with Gasteiger partial charge >= 0.3 is 0 Å². The summed E-state index contributed by atoms with van der Waals surface area (Å²) in [6.45, 7) is 5.66. The van der Waals surface area contributed by atoms with Crippen LogP contribution in [-0.2, 0) is 16.1 Å². The highest BCUT2D eigenvalue weighted by Gasteiger charge is 2.18. The third-order valence-corrected chi connectivity index (χ3v) is 6.83. The van der Waals surface area contributed by atoms with E-state index in [1.165, 1.54) is 10.7 Å². The highest BCUT2D eigenvalue weighted by molar-refractivity contribution is 14.1. The van der Waals surface area contributed by atoms with Gasteiger partial charge in [-0.25, -0.2) is 10.4 Å². The highest BCUT2D eigenvalue weighted by Crippen LogP contribution is 2.30. The molecule has 0 aliphatic heterocycles. The molecule has 0 bridgehead atoms. The van der Waals surface area contributed by atoms with E-state index in [0.29, 0.717) is 15.7 Å². The van der Waals surface area contributed by atoms with Crippen molar-refractivity contribution in [2.75, 3.05) is 13.7 Å². The number of ether oxygens (including phenoxy) is 2. The Kier molecular flexibility index (Phi) is 8.82. The Morgan fingerprint density at radius 2 is 2.03 bits per heavy atom. The Bertz CT molecular complexity index is 1280. The van der Waals surface area contributed by atoms with Crippen LogP contribution in [0.25, 0.3) is 5.69 Å². The maximum Gasteiger partial charge on any atom is 0.278 e. The number of rotatable bonds is 8. The van der Waals surface area contributed by atoms with Gasteiger partial charge in [-0.05, 0) is 89.6 Å². The molecule has 8 nitrogen and oxygen atoms in total. The molecule has 34 heavy (non-hydrogen) atoms. The van der Waals surface area contributed by atoms with E-state index in [9.17, 15) is 10.1 Å². The van der Waals surface area contributed by atoms with Crippen LogP contribution in [-0.4, -0.2) is 35.4 Å². The van der Waals surface area contributed by atoms with E-state index >= 15 is 0 Å². The van der Waals surface area contributed by atoms with Crippen molar-refractivity contribution in [3.05, 3.63) is 72.1 Å². The summed E-state index contributed by atoms with van der Waals surface area (Å²) in [7, 11) is 1.53. The zero-order valence-corrected chi connectivity index (χ0v) is 22.9. The van der Waals surface area contributed by atoms with Crippen molar-refractivity contribution in [3.63, 3.8) is 0 Å². The molecule has 2 aromatic heterocycles. The van der Waals surface area contributed by atoms with E-state index in [-0.39, 0.29) is 24.7 Å². The zero-order valence-electron chi connectivity index (χ0n) is 19.1. The Labute approximate surface area is 220 Å². The average Bonchev–Trinajstić information content (AvgIpc) is 3.09. The topological polar surface area (TPSA) is 102 Å². The summed E-state index contributed by atoms with van der Waals surface area (Å²) in [6.07, 6.45) is 1.60. The van der Waals surface area contributed by atoms with Gasteiger partial charge in [-0.15, -0.1) is 0 Å². The van der Waals surface area contributed by atoms with Gasteiger partial charge in [0, 0.05) is 43.4 Å². The number of nitrogens with zero attached hydrogens (tertiary/aromatic N) is 4. The molecule has 0 saturated heterocycles. The van der Waals surface area contributed by atoms with Gasteiger partial charge < -0.3 is 14.0 Å². The molecular formula is C24H23BrIN5O3. The second kappa shape index (κ2) is 11.6. The van der Waals surface area contributed by atoms with Gasteiger partial charge in [-0.3, -0.25) is 4.79 Å². The molecule has 0 fully saturated rings. The van der Waals surface area contributed by atoms with Crippen LogP contribution in [0.3, 0.4) is 0 Å². The van der Waals surface area contributed by atoms with E-state index in [1.54, 1.807) is 13.1 Å². The fourth-order valence-electron chi connectivity index (χ4n) is 3.46. The number of nitriles is 1. The number of aryl methyl sites for hydroxylation is 2. The van der Waals surface area contributed by atoms with Crippen molar-refractivity contribution in [1.82, 2.24) is 15.0 Å². The van der Waals surface area contributed by atoms with Crippen LogP contribution in [0.2, 0.25) is 0 Å². The second-order valence-electron chi connectivity index (χ2n) is 7.43. The maximum atomic E-state index is 12.3. The lowest BCUT2D eigenvalue weighted by atomic mass is 10.1. The number of benzene rings is 1. The lowest BCUT2D eigenvalue weighted by Gasteiger charge is -2.13. The predicted molar refractivity (Wildman–Crippen MR) is 141 cm³/mol. The summed E-state index contributed by atoms with van der Waals surface area (Å²) < 4.78 is 14.7. The minimum absolute atomic E-state index is 0.0791. The molecule has 1 aromatic carbocycles. The smallest absolute Gasteiger partial charge is 0.278 e. The molecule has 3 rings (SSSR count). The Morgan fingerprint density at radius 3 is 2.68 bits per heavy atom. The van der Waals surface area contributed by atoms with Crippen LogP contribution in [0.1, 0.15) is 33.8 Å². The normalized spacial score (nSPS) is 11.0. The van der Waals surface area contributed by atoms with E-state index < -0.39 is 5.91 Å². The minimum atomic E-state index is -0.470. The molecule has 3 aromatic rings. The SMILES string of the molecule is COCc1c(Br)c(C)nc(OCC(=O)N/N=C/c2cc(C)n(-c3ccc(I)cc3)c2C)c1C#N. The van der Waals surface area contributed by atoms with Crippen LogP contribution in [0.5, 0.6) is 5.88 Å². The summed E-state index contributed by atoms with van der Waals surface area (Å²) in [6, 6.07) is 12.3. The zero-order chi connectivity index (χ0) is 24.8. The number of hydrogen-bond donors (Lipinski definition) is 1. The van der Waals surface area contributed by atoms with E-state index in [0.717, 1.165) is 22.6 Å². The number of amides is 1. The van der Waals surface area contributed by atoms with E-state index in [2.05, 4.69) is 88.9 Å². The van der Waals surface area contributed by atoms with Gasteiger partial charge in [0.1, 0.15) is 11.6 Å². The number of carbonyl (C=O) groups is 1. The Morgan fingerprint density at radius 1 is 1.32 bits per heavy atom. The van der Waals surface area contributed by atoms with Crippen LogP contribution >= 0.6 is 38.5 Å². The highest BCUT2D eigenvalue weighted by atomic mass is 127. The fraction of sp³-hybridized carbons (Fsp3) is 0.250. The Balaban J connectivity index is 1.68. The lowest BCUT2D eigenvalue weighted by molar-refractivity contribution is -0.123. The van der Waals surface area contributed by atoms with Gasteiger partial charge in [0.15, 0.2) is 6.61 Å². The number of hydrogen-bond acceptors (Lipinski definition) is 6. The Hall–Kier alpha value is -2.75. The summed E-state index contributed by atoms with van der Waals surface area (Å²) in [5.41, 5.74) is 7.94.